The van der Waals surface area contributed by atoms with Gasteiger partial charge in [0.2, 0.25) is 0 Å². The number of ether oxygens (including phenoxy) is 2. The number of fused-ring (bicyclic) bond motifs is 3. The Kier molecular flexibility index (Phi) is 3.75. The highest BCUT2D eigenvalue weighted by atomic mass is 79.9. The standard InChI is InChI=1S/C17H16BrNO4/c18-13-7-12-16(11-4-2-1-3-10(11)13)23-9-19(17(12)21)14-8-22-6-5-15(14)20/h1-4,7,14-15,20H,5-6,8-9H2/t14-,15-/m0/s1. The van der Waals surface area contributed by atoms with Gasteiger partial charge in [-0.2, -0.15) is 0 Å². The van der Waals surface area contributed by atoms with E-state index < -0.39 is 6.10 Å². The van der Waals surface area contributed by atoms with Gasteiger partial charge < -0.3 is 14.6 Å². The van der Waals surface area contributed by atoms with Crippen LogP contribution in [0, 0.1) is 0 Å². The van der Waals surface area contributed by atoms with Crippen molar-refractivity contribution in [2.45, 2.75) is 18.6 Å². The lowest BCUT2D eigenvalue weighted by atomic mass is 10.0. The van der Waals surface area contributed by atoms with Gasteiger partial charge in [0.05, 0.1) is 24.3 Å². The Bertz CT molecular complexity index is 779. The summed E-state index contributed by atoms with van der Waals surface area (Å²) >= 11 is 3.53. The second-order valence-electron chi connectivity index (χ2n) is 5.83. The Labute approximate surface area is 141 Å². The summed E-state index contributed by atoms with van der Waals surface area (Å²) < 4.78 is 12.2. The van der Waals surface area contributed by atoms with E-state index in [2.05, 4.69) is 15.9 Å². The third-order valence-electron chi connectivity index (χ3n) is 4.47. The summed E-state index contributed by atoms with van der Waals surface area (Å²) in [6.07, 6.45) is -0.0512. The topological polar surface area (TPSA) is 59.0 Å². The summed E-state index contributed by atoms with van der Waals surface area (Å²) in [5.41, 5.74) is 0.514. The fraction of sp³-hybridized carbons (Fsp3) is 0.353. The molecule has 2 aromatic rings. The van der Waals surface area contributed by atoms with Gasteiger partial charge in [0.1, 0.15) is 5.75 Å². The predicted octanol–water partition coefficient (Wildman–Crippen LogP) is 2.54. The molecule has 2 aromatic carbocycles. The summed E-state index contributed by atoms with van der Waals surface area (Å²) in [5.74, 6) is 0.475. The number of carbonyl (C=O) groups is 1. The molecule has 2 aliphatic heterocycles. The lowest BCUT2D eigenvalue weighted by molar-refractivity contribution is -0.0694. The van der Waals surface area contributed by atoms with Crippen LogP contribution < -0.4 is 4.74 Å². The van der Waals surface area contributed by atoms with Crippen molar-refractivity contribution < 1.29 is 19.4 Å². The van der Waals surface area contributed by atoms with E-state index in [-0.39, 0.29) is 18.7 Å². The number of benzene rings is 2. The summed E-state index contributed by atoms with van der Waals surface area (Å²) in [6, 6.07) is 9.23. The van der Waals surface area contributed by atoms with Gasteiger partial charge in [0, 0.05) is 16.5 Å². The maximum absolute atomic E-state index is 12.9. The third kappa shape index (κ3) is 2.41. The summed E-state index contributed by atoms with van der Waals surface area (Å²) in [4.78, 5) is 14.5. The molecule has 0 unspecified atom stereocenters. The van der Waals surface area contributed by atoms with Crippen molar-refractivity contribution in [2.24, 2.45) is 0 Å². The van der Waals surface area contributed by atoms with Crippen molar-refractivity contribution in [3.63, 3.8) is 0 Å². The maximum atomic E-state index is 12.9. The zero-order valence-electron chi connectivity index (χ0n) is 12.4. The molecule has 23 heavy (non-hydrogen) atoms. The quantitative estimate of drug-likeness (QED) is 0.829. The number of hydrogen-bond donors (Lipinski definition) is 1. The fourth-order valence-corrected chi connectivity index (χ4v) is 3.80. The lowest BCUT2D eigenvalue weighted by Gasteiger charge is -2.39. The van der Waals surface area contributed by atoms with Gasteiger partial charge in [0.25, 0.3) is 5.91 Å². The molecular weight excluding hydrogens is 362 g/mol. The summed E-state index contributed by atoms with van der Waals surface area (Å²) in [5, 5.41) is 12.1. The van der Waals surface area contributed by atoms with Gasteiger partial charge in [-0.25, -0.2) is 0 Å². The Hall–Kier alpha value is -1.63. The van der Waals surface area contributed by atoms with E-state index >= 15 is 0 Å². The predicted molar refractivity (Wildman–Crippen MR) is 88.5 cm³/mol. The monoisotopic (exact) mass is 377 g/mol. The third-order valence-corrected chi connectivity index (χ3v) is 5.13. The van der Waals surface area contributed by atoms with Crippen LogP contribution in [0.25, 0.3) is 10.8 Å². The Morgan fingerprint density at radius 1 is 1.26 bits per heavy atom. The fourth-order valence-electron chi connectivity index (χ4n) is 3.22. The van der Waals surface area contributed by atoms with Gasteiger partial charge >= 0.3 is 0 Å². The number of nitrogens with zero attached hydrogens (tertiary/aromatic N) is 1. The molecule has 0 saturated carbocycles. The molecule has 2 atom stereocenters. The minimum Gasteiger partial charge on any atom is -0.472 e. The molecule has 0 radical (unpaired) electrons. The highest BCUT2D eigenvalue weighted by Crippen LogP contribution is 2.38. The zero-order valence-corrected chi connectivity index (χ0v) is 14.0. The van der Waals surface area contributed by atoms with E-state index in [0.29, 0.717) is 30.9 Å². The summed E-state index contributed by atoms with van der Waals surface area (Å²) in [7, 11) is 0. The largest absolute Gasteiger partial charge is 0.472 e. The van der Waals surface area contributed by atoms with Crippen molar-refractivity contribution in [1.29, 1.82) is 0 Å². The highest BCUT2D eigenvalue weighted by molar-refractivity contribution is 9.10. The van der Waals surface area contributed by atoms with Crippen LogP contribution in [0.3, 0.4) is 0 Å². The molecule has 6 heteroatoms. The molecular formula is C17H16BrNO4. The maximum Gasteiger partial charge on any atom is 0.260 e. The minimum atomic E-state index is -0.582. The van der Waals surface area contributed by atoms with E-state index in [1.54, 1.807) is 11.0 Å². The molecule has 1 saturated heterocycles. The van der Waals surface area contributed by atoms with Gasteiger partial charge in [-0.15, -0.1) is 0 Å². The molecule has 5 nitrogen and oxygen atoms in total. The molecule has 0 spiro atoms. The van der Waals surface area contributed by atoms with Crippen LogP contribution >= 0.6 is 15.9 Å². The van der Waals surface area contributed by atoms with E-state index in [1.165, 1.54) is 0 Å². The van der Waals surface area contributed by atoms with Crippen molar-refractivity contribution in [2.75, 3.05) is 19.9 Å². The first-order valence-corrected chi connectivity index (χ1v) is 8.37. The smallest absolute Gasteiger partial charge is 0.260 e. The molecule has 2 aliphatic rings. The van der Waals surface area contributed by atoms with Crippen molar-refractivity contribution >= 4 is 32.6 Å². The number of aliphatic hydroxyl groups excluding tert-OH is 1. The first-order chi connectivity index (χ1) is 11.2. The molecule has 0 bridgehead atoms. The average Bonchev–Trinajstić information content (AvgIpc) is 2.57. The van der Waals surface area contributed by atoms with Gasteiger partial charge in [-0.1, -0.05) is 40.2 Å². The average molecular weight is 378 g/mol. The van der Waals surface area contributed by atoms with Crippen LogP contribution in [0.15, 0.2) is 34.8 Å². The van der Waals surface area contributed by atoms with Crippen LogP contribution in [-0.2, 0) is 4.74 Å². The second kappa shape index (κ2) is 5.78. The van der Waals surface area contributed by atoms with Crippen LogP contribution in [0.2, 0.25) is 0 Å². The Balaban J connectivity index is 1.77. The molecule has 1 fully saturated rings. The normalized spacial score (nSPS) is 24.4. The molecule has 4 rings (SSSR count). The lowest BCUT2D eigenvalue weighted by Crippen LogP contribution is -2.54. The van der Waals surface area contributed by atoms with E-state index in [1.807, 2.05) is 24.3 Å². The Morgan fingerprint density at radius 2 is 2.04 bits per heavy atom. The first-order valence-electron chi connectivity index (χ1n) is 7.57. The van der Waals surface area contributed by atoms with Gasteiger partial charge in [-0.3, -0.25) is 9.69 Å². The van der Waals surface area contributed by atoms with Crippen molar-refractivity contribution in [3.05, 3.63) is 40.4 Å². The SMILES string of the molecule is O=C1c2cc(Br)c3ccccc3c2OCN1[C@H]1COCC[C@@H]1O. The number of amides is 1. The summed E-state index contributed by atoms with van der Waals surface area (Å²) in [6.45, 7) is 0.982. The Morgan fingerprint density at radius 3 is 2.83 bits per heavy atom. The number of halogens is 1. The molecule has 0 aliphatic carbocycles. The molecule has 120 valence electrons. The highest BCUT2D eigenvalue weighted by Gasteiger charge is 2.37. The van der Waals surface area contributed by atoms with Crippen LogP contribution in [0.1, 0.15) is 16.8 Å². The van der Waals surface area contributed by atoms with Crippen molar-refractivity contribution in [3.8, 4) is 5.75 Å². The number of carbonyl (C=O) groups excluding carboxylic acids is 1. The number of rotatable bonds is 1. The van der Waals surface area contributed by atoms with E-state index in [0.717, 1.165) is 15.2 Å². The molecule has 0 aromatic heterocycles. The molecule has 1 N–H and O–H groups in total. The van der Waals surface area contributed by atoms with Gasteiger partial charge in [0.15, 0.2) is 6.73 Å². The number of aliphatic hydroxyl groups is 1. The van der Waals surface area contributed by atoms with Crippen LogP contribution in [0.5, 0.6) is 5.75 Å². The van der Waals surface area contributed by atoms with E-state index in [9.17, 15) is 9.90 Å². The second-order valence-corrected chi connectivity index (χ2v) is 6.68. The first kappa shape index (κ1) is 14.9. The minimum absolute atomic E-state index is 0.128. The zero-order chi connectivity index (χ0) is 16.0. The van der Waals surface area contributed by atoms with E-state index in [4.69, 9.17) is 9.47 Å². The van der Waals surface area contributed by atoms with Crippen molar-refractivity contribution in [1.82, 2.24) is 4.90 Å². The van der Waals surface area contributed by atoms with Crippen LogP contribution in [0.4, 0.5) is 0 Å². The van der Waals surface area contributed by atoms with Gasteiger partial charge in [-0.05, 0) is 17.9 Å². The van der Waals surface area contributed by atoms with Crippen LogP contribution in [-0.4, -0.2) is 48.0 Å². The number of hydrogen-bond acceptors (Lipinski definition) is 4. The molecule has 2 heterocycles. The molecule has 1 amide bonds.